The summed E-state index contributed by atoms with van der Waals surface area (Å²) < 4.78 is 0. The SMILES string of the molecule is CC(C)(C)C(=O)Nc1ccncc1CNCc1ccccc1. The lowest BCUT2D eigenvalue weighted by Gasteiger charge is -2.19. The first kappa shape index (κ1) is 16.2. The number of nitrogens with zero attached hydrogens (tertiary/aromatic N) is 1. The standard InChI is InChI=1S/C18H23N3O/c1-18(2,3)17(22)21-16-9-10-19-12-15(16)13-20-11-14-7-5-4-6-8-14/h4-10,12,20H,11,13H2,1-3H3,(H,19,21,22). The number of benzene rings is 1. The Hall–Kier alpha value is -2.20. The molecule has 0 aliphatic carbocycles. The minimum absolute atomic E-state index is 0.00279. The third-order valence-electron chi connectivity index (χ3n) is 3.32. The fraction of sp³-hybridized carbons (Fsp3) is 0.333. The molecule has 0 radical (unpaired) electrons. The summed E-state index contributed by atoms with van der Waals surface area (Å²) >= 11 is 0. The summed E-state index contributed by atoms with van der Waals surface area (Å²) in [4.78, 5) is 16.3. The zero-order valence-electron chi connectivity index (χ0n) is 13.4. The molecule has 0 aliphatic rings. The van der Waals surface area contributed by atoms with Gasteiger partial charge in [-0.3, -0.25) is 9.78 Å². The van der Waals surface area contributed by atoms with Crippen LogP contribution in [0.1, 0.15) is 31.9 Å². The van der Waals surface area contributed by atoms with E-state index in [9.17, 15) is 4.79 Å². The van der Waals surface area contributed by atoms with E-state index in [1.165, 1.54) is 5.56 Å². The van der Waals surface area contributed by atoms with Crippen LogP contribution in [0, 0.1) is 5.41 Å². The predicted molar refractivity (Wildman–Crippen MR) is 89.3 cm³/mol. The van der Waals surface area contributed by atoms with Gasteiger partial charge in [0, 0.05) is 42.1 Å². The van der Waals surface area contributed by atoms with Crippen LogP contribution in [0.15, 0.2) is 48.8 Å². The maximum atomic E-state index is 12.1. The van der Waals surface area contributed by atoms with Crippen molar-refractivity contribution in [2.24, 2.45) is 5.41 Å². The summed E-state index contributed by atoms with van der Waals surface area (Å²) in [5, 5.41) is 6.36. The third kappa shape index (κ3) is 4.67. The van der Waals surface area contributed by atoms with Crippen molar-refractivity contribution in [3.63, 3.8) is 0 Å². The van der Waals surface area contributed by atoms with Gasteiger partial charge in [0.25, 0.3) is 0 Å². The molecule has 0 bridgehead atoms. The van der Waals surface area contributed by atoms with Gasteiger partial charge in [-0.15, -0.1) is 0 Å². The van der Waals surface area contributed by atoms with Crippen LogP contribution in [0.4, 0.5) is 5.69 Å². The van der Waals surface area contributed by atoms with E-state index in [4.69, 9.17) is 0 Å². The van der Waals surface area contributed by atoms with Crippen molar-refractivity contribution < 1.29 is 4.79 Å². The summed E-state index contributed by atoms with van der Waals surface area (Å²) in [6.45, 7) is 7.13. The van der Waals surface area contributed by atoms with Crippen LogP contribution >= 0.6 is 0 Å². The Morgan fingerprint density at radius 3 is 2.50 bits per heavy atom. The Balaban J connectivity index is 1.98. The smallest absolute Gasteiger partial charge is 0.229 e. The van der Waals surface area contributed by atoms with Crippen LogP contribution in [-0.4, -0.2) is 10.9 Å². The van der Waals surface area contributed by atoms with E-state index in [2.05, 4.69) is 27.8 Å². The number of carbonyl (C=O) groups is 1. The van der Waals surface area contributed by atoms with Crippen LogP contribution < -0.4 is 10.6 Å². The van der Waals surface area contributed by atoms with Crippen LogP contribution in [0.5, 0.6) is 0 Å². The molecule has 1 heterocycles. The van der Waals surface area contributed by atoms with Gasteiger partial charge in [-0.05, 0) is 11.6 Å². The molecule has 1 aromatic heterocycles. The lowest BCUT2D eigenvalue weighted by atomic mass is 9.95. The number of hydrogen-bond acceptors (Lipinski definition) is 3. The van der Waals surface area contributed by atoms with Crippen molar-refractivity contribution in [2.45, 2.75) is 33.9 Å². The van der Waals surface area contributed by atoms with Crippen molar-refractivity contribution in [3.05, 3.63) is 59.9 Å². The number of pyridine rings is 1. The van der Waals surface area contributed by atoms with Crippen molar-refractivity contribution in [1.82, 2.24) is 10.3 Å². The fourth-order valence-corrected chi connectivity index (χ4v) is 1.94. The lowest BCUT2D eigenvalue weighted by Crippen LogP contribution is -2.28. The molecule has 0 aliphatic heterocycles. The highest BCUT2D eigenvalue weighted by atomic mass is 16.2. The molecule has 2 rings (SSSR count). The maximum Gasteiger partial charge on any atom is 0.229 e. The molecule has 4 nitrogen and oxygen atoms in total. The van der Waals surface area contributed by atoms with Gasteiger partial charge in [0.05, 0.1) is 0 Å². The molecule has 4 heteroatoms. The van der Waals surface area contributed by atoms with Gasteiger partial charge >= 0.3 is 0 Å². The van der Waals surface area contributed by atoms with E-state index in [0.29, 0.717) is 6.54 Å². The quantitative estimate of drug-likeness (QED) is 0.890. The van der Waals surface area contributed by atoms with E-state index < -0.39 is 5.41 Å². The van der Waals surface area contributed by atoms with Crippen molar-refractivity contribution in [2.75, 3.05) is 5.32 Å². The zero-order valence-corrected chi connectivity index (χ0v) is 13.4. The summed E-state index contributed by atoms with van der Waals surface area (Å²) in [5.74, 6) is 0.00279. The Morgan fingerprint density at radius 2 is 1.82 bits per heavy atom. The van der Waals surface area contributed by atoms with Gasteiger partial charge < -0.3 is 10.6 Å². The van der Waals surface area contributed by atoms with E-state index in [1.807, 2.05) is 45.0 Å². The number of anilines is 1. The minimum Gasteiger partial charge on any atom is -0.325 e. The van der Waals surface area contributed by atoms with E-state index in [1.54, 1.807) is 12.4 Å². The van der Waals surface area contributed by atoms with Crippen LogP contribution in [0.25, 0.3) is 0 Å². The third-order valence-corrected chi connectivity index (χ3v) is 3.32. The highest BCUT2D eigenvalue weighted by Gasteiger charge is 2.21. The van der Waals surface area contributed by atoms with Gasteiger partial charge in [0.15, 0.2) is 0 Å². The average molecular weight is 297 g/mol. The first-order valence-electron chi connectivity index (χ1n) is 7.46. The number of carbonyl (C=O) groups excluding carboxylic acids is 1. The van der Waals surface area contributed by atoms with Gasteiger partial charge in [0.2, 0.25) is 5.91 Å². The number of amides is 1. The Bertz CT molecular complexity index is 618. The second kappa shape index (κ2) is 7.18. The van der Waals surface area contributed by atoms with Crippen LogP contribution in [0.3, 0.4) is 0 Å². The number of hydrogen-bond donors (Lipinski definition) is 2. The maximum absolute atomic E-state index is 12.1. The van der Waals surface area contributed by atoms with Gasteiger partial charge in [-0.1, -0.05) is 51.1 Å². The van der Waals surface area contributed by atoms with Crippen molar-refractivity contribution in [1.29, 1.82) is 0 Å². The summed E-state index contributed by atoms with van der Waals surface area (Å²) in [6, 6.07) is 12.1. The van der Waals surface area contributed by atoms with E-state index >= 15 is 0 Å². The molecule has 0 spiro atoms. The molecular weight excluding hydrogens is 274 g/mol. The summed E-state index contributed by atoms with van der Waals surface area (Å²) in [6.07, 6.45) is 3.48. The number of rotatable bonds is 5. The second-order valence-corrected chi connectivity index (χ2v) is 6.33. The monoisotopic (exact) mass is 297 g/mol. The highest BCUT2D eigenvalue weighted by Crippen LogP contribution is 2.19. The molecule has 0 unspecified atom stereocenters. The normalized spacial score (nSPS) is 11.2. The molecule has 2 N–H and O–H groups in total. The highest BCUT2D eigenvalue weighted by molar-refractivity contribution is 5.95. The fourth-order valence-electron chi connectivity index (χ4n) is 1.94. The largest absolute Gasteiger partial charge is 0.325 e. The zero-order chi connectivity index (χ0) is 16.0. The van der Waals surface area contributed by atoms with Gasteiger partial charge in [-0.25, -0.2) is 0 Å². The Morgan fingerprint density at radius 1 is 1.09 bits per heavy atom. The predicted octanol–water partition coefficient (Wildman–Crippen LogP) is 3.36. The molecule has 0 saturated carbocycles. The Kier molecular flexibility index (Phi) is 5.28. The van der Waals surface area contributed by atoms with E-state index in [-0.39, 0.29) is 5.91 Å². The molecule has 2 aromatic rings. The second-order valence-electron chi connectivity index (χ2n) is 6.33. The molecule has 22 heavy (non-hydrogen) atoms. The molecule has 0 atom stereocenters. The first-order valence-corrected chi connectivity index (χ1v) is 7.46. The van der Waals surface area contributed by atoms with Crippen molar-refractivity contribution >= 4 is 11.6 Å². The molecule has 0 saturated heterocycles. The van der Waals surface area contributed by atoms with Crippen LogP contribution in [0.2, 0.25) is 0 Å². The molecule has 116 valence electrons. The van der Waals surface area contributed by atoms with Crippen molar-refractivity contribution in [3.8, 4) is 0 Å². The first-order chi connectivity index (χ1) is 10.5. The summed E-state index contributed by atoms with van der Waals surface area (Å²) in [5.41, 5.74) is 2.61. The molecule has 0 fully saturated rings. The molecule has 1 amide bonds. The average Bonchev–Trinajstić information content (AvgIpc) is 2.49. The van der Waals surface area contributed by atoms with Crippen LogP contribution in [-0.2, 0) is 17.9 Å². The topological polar surface area (TPSA) is 54.0 Å². The van der Waals surface area contributed by atoms with Gasteiger partial charge in [-0.2, -0.15) is 0 Å². The molecular formula is C18H23N3O. The minimum atomic E-state index is -0.419. The summed E-state index contributed by atoms with van der Waals surface area (Å²) in [7, 11) is 0. The van der Waals surface area contributed by atoms with Gasteiger partial charge in [0.1, 0.15) is 0 Å². The molecule has 1 aromatic carbocycles. The number of aromatic nitrogens is 1. The lowest BCUT2D eigenvalue weighted by molar-refractivity contribution is -0.123. The number of nitrogens with one attached hydrogen (secondary N) is 2. The van der Waals surface area contributed by atoms with E-state index in [0.717, 1.165) is 17.8 Å². The Labute approximate surface area is 132 Å².